The number of carbonyl (C=O) groups is 5. The number of phenolic OH excluding ortho intramolecular Hbond substituents is 1. The van der Waals surface area contributed by atoms with Crippen LogP contribution in [-0.2, 0) is 30.4 Å². The molecule has 3 rings (SSSR count). The molecule has 35 heavy (non-hydrogen) atoms. The van der Waals surface area contributed by atoms with Gasteiger partial charge in [0.2, 0.25) is 23.6 Å². The molecule has 4 atom stereocenters. The van der Waals surface area contributed by atoms with Gasteiger partial charge in [-0.2, -0.15) is 0 Å². The van der Waals surface area contributed by atoms with Gasteiger partial charge in [0.05, 0.1) is 12.5 Å². The van der Waals surface area contributed by atoms with Gasteiger partial charge in [0, 0.05) is 19.5 Å². The maximum absolute atomic E-state index is 13.3. The largest absolute Gasteiger partial charge is 0.508 e. The number of aliphatic carboxylic acids is 1. The smallest absolute Gasteiger partial charge is 0.326 e. The first-order chi connectivity index (χ1) is 16.6. The van der Waals surface area contributed by atoms with Gasteiger partial charge in [-0.3, -0.25) is 19.2 Å². The van der Waals surface area contributed by atoms with Crippen LogP contribution in [0.25, 0.3) is 0 Å². The average molecular weight is 490 g/mol. The molecule has 12 heteroatoms. The molecule has 2 fully saturated rings. The number of rotatable bonds is 9. The third kappa shape index (κ3) is 6.27. The molecule has 0 spiro atoms. The van der Waals surface area contributed by atoms with Crippen molar-refractivity contribution in [1.82, 2.24) is 15.1 Å². The highest BCUT2D eigenvalue weighted by molar-refractivity contribution is 5.95. The number of carboxylic acid groups (broad SMARTS) is 1. The first kappa shape index (κ1) is 25.9. The third-order valence-corrected chi connectivity index (χ3v) is 6.39. The zero-order valence-corrected chi connectivity index (χ0v) is 19.3. The standard InChI is InChI=1S/C23H31N5O7/c24-15(12-19(25)30)21(32)28-10-2-4-18(28)22(33)27-9-1-3-17(27)20(31)26-16(23(34)35)11-13-5-7-14(29)8-6-13/h5-8,15-18,29H,1-4,9-12,24H2,(H2,25,30)(H,26,31)(H,34,35). The zero-order chi connectivity index (χ0) is 25.7. The number of phenols is 1. The SMILES string of the molecule is NC(=O)CC(N)C(=O)N1CCCC1C(=O)N1CCCC1C(=O)NC(Cc1ccc(O)cc1)C(=O)O. The molecule has 1 aromatic carbocycles. The van der Waals surface area contributed by atoms with E-state index in [1.807, 2.05) is 0 Å². The molecule has 4 unspecified atom stereocenters. The Kier molecular flexibility index (Phi) is 8.28. The quantitative estimate of drug-likeness (QED) is 0.282. The number of amides is 4. The van der Waals surface area contributed by atoms with Gasteiger partial charge in [-0.15, -0.1) is 0 Å². The van der Waals surface area contributed by atoms with E-state index in [9.17, 15) is 34.2 Å². The van der Waals surface area contributed by atoms with Gasteiger partial charge in [-0.25, -0.2) is 4.79 Å². The lowest BCUT2D eigenvalue weighted by Gasteiger charge is -2.32. The van der Waals surface area contributed by atoms with Crippen molar-refractivity contribution < 1.29 is 34.2 Å². The Morgan fingerprint density at radius 3 is 2.20 bits per heavy atom. The number of primary amides is 1. The third-order valence-electron chi connectivity index (χ3n) is 6.39. The van der Waals surface area contributed by atoms with Crippen molar-refractivity contribution in [2.45, 2.75) is 62.7 Å². The van der Waals surface area contributed by atoms with Gasteiger partial charge in [-0.1, -0.05) is 12.1 Å². The molecular formula is C23H31N5O7. The summed E-state index contributed by atoms with van der Waals surface area (Å²) < 4.78 is 0. The molecule has 4 amide bonds. The van der Waals surface area contributed by atoms with Crippen LogP contribution in [0.15, 0.2) is 24.3 Å². The Balaban J connectivity index is 1.67. The summed E-state index contributed by atoms with van der Waals surface area (Å²) in [7, 11) is 0. The van der Waals surface area contributed by atoms with Crippen LogP contribution in [0.5, 0.6) is 5.75 Å². The summed E-state index contributed by atoms with van der Waals surface area (Å²) in [5, 5.41) is 21.5. The Labute approximate surface area is 202 Å². The number of hydrogen-bond donors (Lipinski definition) is 5. The second kappa shape index (κ2) is 11.2. The molecule has 0 aliphatic carbocycles. The molecule has 2 heterocycles. The zero-order valence-electron chi connectivity index (χ0n) is 19.3. The highest BCUT2D eigenvalue weighted by Crippen LogP contribution is 2.26. The molecule has 0 bridgehead atoms. The predicted octanol–water partition coefficient (Wildman–Crippen LogP) is -1.31. The fourth-order valence-corrected chi connectivity index (χ4v) is 4.63. The van der Waals surface area contributed by atoms with E-state index >= 15 is 0 Å². The number of benzene rings is 1. The number of carboxylic acids is 1. The van der Waals surface area contributed by atoms with Gasteiger partial charge in [-0.05, 0) is 43.4 Å². The highest BCUT2D eigenvalue weighted by atomic mass is 16.4. The Morgan fingerprint density at radius 1 is 1.00 bits per heavy atom. The van der Waals surface area contributed by atoms with Crippen molar-refractivity contribution in [3.63, 3.8) is 0 Å². The first-order valence-corrected chi connectivity index (χ1v) is 11.5. The van der Waals surface area contributed by atoms with Gasteiger partial charge < -0.3 is 36.8 Å². The predicted molar refractivity (Wildman–Crippen MR) is 123 cm³/mol. The van der Waals surface area contributed by atoms with E-state index in [1.54, 1.807) is 12.1 Å². The molecular weight excluding hydrogens is 458 g/mol. The molecule has 0 aromatic heterocycles. The Hall–Kier alpha value is -3.67. The lowest BCUT2D eigenvalue weighted by molar-refractivity contribution is -0.148. The number of carbonyl (C=O) groups excluding carboxylic acids is 4. The van der Waals surface area contributed by atoms with Crippen LogP contribution in [0.1, 0.15) is 37.7 Å². The van der Waals surface area contributed by atoms with Crippen molar-refractivity contribution in [3.05, 3.63) is 29.8 Å². The lowest BCUT2D eigenvalue weighted by atomic mass is 10.0. The van der Waals surface area contributed by atoms with E-state index < -0.39 is 53.8 Å². The average Bonchev–Trinajstić information content (AvgIpc) is 3.48. The van der Waals surface area contributed by atoms with Crippen LogP contribution in [-0.4, -0.2) is 86.9 Å². The summed E-state index contributed by atoms with van der Waals surface area (Å²) in [6.07, 6.45) is 1.57. The van der Waals surface area contributed by atoms with Crippen molar-refractivity contribution in [2.75, 3.05) is 13.1 Å². The molecule has 2 saturated heterocycles. The van der Waals surface area contributed by atoms with Crippen LogP contribution in [0, 0.1) is 0 Å². The van der Waals surface area contributed by atoms with Crippen LogP contribution in [0.4, 0.5) is 0 Å². The monoisotopic (exact) mass is 489 g/mol. The molecule has 0 radical (unpaired) electrons. The van der Waals surface area contributed by atoms with Crippen molar-refractivity contribution in [2.24, 2.45) is 11.5 Å². The molecule has 2 aliphatic heterocycles. The maximum Gasteiger partial charge on any atom is 0.326 e. The van der Waals surface area contributed by atoms with E-state index in [-0.39, 0.29) is 18.6 Å². The summed E-state index contributed by atoms with van der Waals surface area (Å²) in [5.41, 5.74) is 11.5. The van der Waals surface area contributed by atoms with E-state index in [4.69, 9.17) is 11.5 Å². The summed E-state index contributed by atoms with van der Waals surface area (Å²) in [4.78, 5) is 64.7. The molecule has 2 aliphatic rings. The minimum Gasteiger partial charge on any atom is -0.508 e. The van der Waals surface area contributed by atoms with Crippen molar-refractivity contribution in [3.8, 4) is 5.75 Å². The molecule has 190 valence electrons. The summed E-state index contributed by atoms with van der Waals surface area (Å²) in [6.45, 7) is 0.610. The van der Waals surface area contributed by atoms with Gasteiger partial charge in [0.1, 0.15) is 23.9 Å². The first-order valence-electron chi connectivity index (χ1n) is 11.5. The minimum absolute atomic E-state index is 0.00464. The number of likely N-dealkylation sites (tertiary alicyclic amines) is 2. The van der Waals surface area contributed by atoms with E-state index in [0.29, 0.717) is 44.3 Å². The fraction of sp³-hybridized carbons (Fsp3) is 0.522. The molecule has 0 saturated carbocycles. The van der Waals surface area contributed by atoms with E-state index in [0.717, 1.165) is 0 Å². The van der Waals surface area contributed by atoms with E-state index in [1.165, 1.54) is 21.9 Å². The molecule has 12 nitrogen and oxygen atoms in total. The van der Waals surface area contributed by atoms with Crippen LogP contribution >= 0.6 is 0 Å². The van der Waals surface area contributed by atoms with Gasteiger partial charge in [0.15, 0.2) is 0 Å². The number of nitrogens with two attached hydrogens (primary N) is 2. The van der Waals surface area contributed by atoms with Crippen molar-refractivity contribution >= 4 is 29.6 Å². The summed E-state index contributed by atoms with van der Waals surface area (Å²) in [6, 6.07) is 1.96. The topological polar surface area (TPSA) is 196 Å². The van der Waals surface area contributed by atoms with Crippen LogP contribution in [0.3, 0.4) is 0 Å². The number of aromatic hydroxyl groups is 1. The summed E-state index contributed by atoms with van der Waals surface area (Å²) in [5.74, 6) is -3.42. The maximum atomic E-state index is 13.3. The number of nitrogens with zero attached hydrogens (tertiary/aromatic N) is 2. The van der Waals surface area contributed by atoms with Crippen molar-refractivity contribution in [1.29, 1.82) is 0 Å². The number of hydrogen-bond acceptors (Lipinski definition) is 7. The molecule has 7 N–H and O–H groups in total. The fourth-order valence-electron chi connectivity index (χ4n) is 4.63. The number of nitrogens with one attached hydrogen (secondary N) is 1. The normalized spacial score (nSPS) is 21.4. The Bertz CT molecular complexity index is 983. The van der Waals surface area contributed by atoms with Gasteiger partial charge >= 0.3 is 5.97 Å². The minimum atomic E-state index is -1.22. The van der Waals surface area contributed by atoms with E-state index in [2.05, 4.69) is 5.32 Å². The second-order valence-corrected chi connectivity index (χ2v) is 8.93. The van der Waals surface area contributed by atoms with Gasteiger partial charge in [0.25, 0.3) is 0 Å². The molecule has 1 aromatic rings. The summed E-state index contributed by atoms with van der Waals surface area (Å²) >= 11 is 0. The Morgan fingerprint density at radius 2 is 1.60 bits per heavy atom. The lowest BCUT2D eigenvalue weighted by Crippen LogP contribution is -2.56. The van der Waals surface area contributed by atoms with Crippen LogP contribution in [0.2, 0.25) is 0 Å². The second-order valence-electron chi connectivity index (χ2n) is 8.93. The highest BCUT2D eigenvalue weighted by Gasteiger charge is 2.43. The van der Waals surface area contributed by atoms with Crippen LogP contribution < -0.4 is 16.8 Å².